The molecule has 6 heteroatoms. The summed E-state index contributed by atoms with van der Waals surface area (Å²) in [6.07, 6.45) is 10.5. The van der Waals surface area contributed by atoms with Crippen LogP contribution in [0.2, 0.25) is 0 Å². The fraction of sp³-hybridized carbons (Fsp3) is 0.333. The lowest BCUT2D eigenvalue weighted by atomic mass is 10.1. The average molecular weight is 756 g/mol. The molecule has 4 rings (SSSR count). The first-order chi connectivity index (χ1) is 20.4. The van der Waals surface area contributed by atoms with Crippen LogP contribution in [-0.4, -0.2) is 0 Å². The summed E-state index contributed by atoms with van der Waals surface area (Å²) in [5, 5.41) is 11.0. The molecular formula is C36H42Br3N3. The van der Waals surface area contributed by atoms with Crippen molar-refractivity contribution in [3.8, 4) is 0 Å². The minimum absolute atomic E-state index is 0.996. The van der Waals surface area contributed by atoms with Crippen LogP contribution in [0.3, 0.4) is 0 Å². The van der Waals surface area contributed by atoms with Gasteiger partial charge in [-0.3, -0.25) is 0 Å². The van der Waals surface area contributed by atoms with Crippen LogP contribution in [0.25, 0.3) is 0 Å². The first-order valence-electron chi connectivity index (χ1n) is 15.2. The van der Waals surface area contributed by atoms with E-state index in [0.717, 1.165) is 66.8 Å². The molecule has 4 aromatic rings. The fourth-order valence-corrected chi connectivity index (χ4v) is 6.48. The van der Waals surface area contributed by atoms with E-state index in [1.54, 1.807) is 0 Å². The number of anilines is 6. The standard InChI is InChI=1S/C36H42Br3N3/c1-4-7-10-25-13-16-34(31(37)19-25)40-28-22-29(41-35-17-14-26(11-8-5-2)20-32(35)38)24-30(23-28)42-36-18-15-27(12-9-6-3)21-33(36)39/h13-24,40-42H,4-12H2,1-3H3. The summed E-state index contributed by atoms with van der Waals surface area (Å²) < 4.78 is 3.21. The lowest BCUT2D eigenvalue weighted by molar-refractivity contribution is 0.795. The molecule has 3 N–H and O–H groups in total. The van der Waals surface area contributed by atoms with Gasteiger partial charge in [0.25, 0.3) is 0 Å². The highest BCUT2D eigenvalue weighted by molar-refractivity contribution is 9.11. The van der Waals surface area contributed by atoms with Crippen LogP contribution in [0, 0.1) is 0 Å². The number of hydrogen-bond donors (Lipinski definition) is 3. The molecule has 42 heavy (non-hydrogen) atoms. The van der Waals surface area contributed by atoms with Crippen molar-refractivity contribution in [1.82, 2.24) is 0 Å². The summed E-state index contributed by atoms with van der Waals surface area (Å²) >= 11 is 11.4. The van der Waals surface area contributed by atoms with Crippen LogP contribution in [0.15, 0.2) is 86.2 Å². The maximum Gasteiger partial charge on any atom is 0.0528 e. The van der Waals surface area contributed by atoms with Gasteiger partial charge in [-0.15, -0.1) is 0 Å². The monoisotopic (exact) mass is 753 g/mol. The van der Waals surface area contributed by atoms with Crippen molar-refractivity contribution in [1.29, 1.82) is 0 Å². The van der Waals surface area contributed by atoms with Crippen LogP contribution in [0.1, 0.15) is 76.0 Å². The summed E-state index contributed by atoms with van der Waals surface area (Å²) in [5.74, 6) is 0. The summed E-state index contributed by atoms with van der Waals surface area (Å²) in [5.41, 5.74) is 10.2. The third-order valence-electron chi connectivity index (χ3n) is 7.33. The molecule has 222 valence electrons. The quantitative estimate of drug-likeness (QED) is 0.113. The smallest absolute Gasteiger partial charge is 0.0528 e. The van der Waals surface area contributed by atoms with Gasteiger partial charge in [0.1, 0.15) is 0 Å². The van der Waals surface area contributed by atoms with Gasteiger partial charge in [0.2, 0.25) is 0 Å². The van der Waals surface area contributed by atoms with E-state index >= 15 is 0 Å². The molecule has 0 heterocycles. The molecule has 0 bridgehead atoms. The third kappa shape index (κ3) is 9.62. The number of unbranched alkanes of at least 4 members (excludes halogenated alkanes) is 3. The molecular weight excluding hydrogens is 714 g/mol. The van der Waals surface area contributed by atoms with Crippen molar-refractivity contribution < 1.29 is 0 Å². The van der Waals surface area contributed by atoms with E-state index in [1.807, 2.05) is 0 Å². The molecule has 0 spiro atoms. The predicted molar refractivity (Wildman–Crippen MR) is 195 cm³/mol. The minimum atomic E-state index is 0.996. The summed E-state index contributed by atoms with van der Waals surface area (Å²) in [6.45, 7) is 6.70. The van der Waals surface area contributed by atoms with Gasteiger partial charge < -0.3 is 16.0 Å². The Morgan fingerprint density at radius 3 is 0.952 bits per heavy atom. The number of halogens is 3. The van der Waals surface area contributed by atoms with E-state index in [-0.39, 0.29) is 0 Å². The highest BCUT2D eigenvalue weighted by Gasteiger charge is 2.10. The molecule has 0 aliphatic carbocycles. The predicted octanol–water partition coefficient (Wildman–Crippen LogP) is 13.2. The third-order valence-corrected chi connectivity index (χ3v) is 9.30. The molecule has 0 aromatic heterocycles. The summed E-state index contributed by atoms with van der Waals surface area (Å²) in [7, 11) is 0. The fourth-order valence-electron chi connectivity index (χ4n) is 4.90. The second-order valence-electron chi connectivity index (χ2n) is 10.9. The van der Waals surface area contributed by atoms with Gasteiger partial charge in [0.15, 0.2) is 0 Å². The first kappa shape index (κ1) is 32.6. The lowest BCUT2D eigenvalue weighted by Gasteiger charge is -2.17. The zero-order valence-corrected chi connectivity index (χ0v) is 29.7. The molecule has 0 radical (unpaired) electrons. The van der Waals surface area contributed by atoms with Crippen molar-refractivity contribution in [2.24, 2.45) is 0 Å². The summed E-state index contributed by atoms with van der Waals surface area (Å²) in [4.78, 5) is 0. The van der Waals surface area contributed by atoms with Gasteiger partial charge in [-0.25, -0.2) is 0 Å². The molecule has 0 aliphatic rings. The average Bonchev–Trinajstić information content (AvgIpc) is 2.97. The van der Waals surface area contributed by atoms with Gasteiger partial charge in [-0.2, -0.15) is 0 Å². The van der Waals surface area contributed by atoms with Gasteiger partial charge >= 0.3 is 0 Å². The van der Waals surface area contributed by atoms with Gasteiger partial charge in [0.05, 0.1) is 17.1 Å². The Balaban J connectivity index is 1.63. The topological polar surface area (TPSA) is 36.1 Å². The highest BCUT2D eigenvalue weighted by Crippen LogP contribution is 2.35. The molecule has 3 nitrogen and oxygen atoms in total. The SMILES string of the molecule is CCCCc1ccc(Nc2cc(Nc3ccc(CCCC)cc3Br)cc(Nc3ccc(CCCC)cc3Br)c2)c(Br)c1. The number of benzene rings is 4. The number of nitrogens with one attached hydrogen (secondary N) is 3. The molecule has 0 amide bonds. The van der Waals surface area contributed by atoms with E-state index in [9.17, 15) is 0 Å². The van der Waals surface area contributed by atoms with E-state index in [2.05, 4.69) is 157 Å². The van der Waals surface area contributed by atoms with Crippen molar-refractivity contribution >= 4 is 81.9 Å². The Morgan fingerprint density at radius 2 is 0.714 bits per heavy atom. The molecule has 0 saturated carbocycles. The Morgan fingerprint density at radius 1 is 0.429 bits per heavy atom. The van der Waals surface area contributed by atoms with Gasteiger partial charge in [-0.1, -0.05) is 58.2 Å². The number of rotatable bonds is 15. The van der Waals surface area contributed by atoms with Crippen LogP contribution in [0.5, 0.6) is 0 Å². The van der Waals surface area contributed by atoms with Gasteiger partial charge in [-0.05, 0) is 158 Å². The van der Waals surface area contributed by atoms with Crippen molar-refractivity contribution in [2.75, 3.05) is 16.0 Å². The van der Waals surface area contributed by atoms with E-state index < -0.39 is 0 Å². The lowest BCUT2D eigenvalue weighted by Crippen LogP contribution is -2.00. The van der Waals surface area contributed by atoms with Crippen molar-refractivity contribution in [3.05, 3.63) is 103 Å². The molecule has 0 saturated heterocycles. The zero-order chi connectivity index (χ0) is 29.9. The van der Waals surface area contributed by atoms with Gasteiger partial charge in [0, 0.05) is 30.5 Å². The molecule has 0 atom stereocenters. The normalized spacial score (nSPS) is 11.0. The maximum absolute atomic E-state index is 3.80. The van der Waals surface area contributed by atoms with Crippen LogP contribution in [0.4, 0.5) is 34.1 Å². The molecule has 0 unspecified atom stereocenters. The van der Waals surface area contributed by atoms with E-state index in [1.165, 1.54) is 55.2 Å². The zero-order valence-electron chi connectivity index (χ0n) is 24.9. The Hall–Kier alpha value is -2.28. The van der Waals surface area contributed by atoms with E-state index in [0.29, 0.717) is 0 Å². The minimum Gasteiger partial charge on any atom is -0.354 e. The molecule has 0 aliphatic heterocycles. The van der Waals surface area contributed by atoms with Crippen molar-refractivity contribution in [2.45, 2.75) is 78.6 Å². The number of hydrogen-bond acceptors (Lipinski definition) is 3. The van der Waals surface area contributed by atoms with Crippen LogP contribution < -0.4 is 16.0 Å². The number of aryl methyl sites for hydroxylation is 3. The Kier molecular flexibility index (Phi) is 12.8. The first-order valence-corrected chi connectivity index (χ1v) is 17.6. The largest absolute Gasteiger partial charge is 0.354 e. The summed E-state index contributed by atoms with van der Waals surface area (Å²) in [6, 6.07) is 26.3. The van der Waals surface area contributed by atoms with Crippen molar-refractivity contribution in [3.63, 3.8) is 0 Å². The van der Waals surface area contributed by atoms with Crippen LogP contribution >= 0.6 is 47.8 Å². The molecule has 4 aromatic carbocycles. The second kappa shape index (κ2) is 16.5. The second-order valence-corrected chi connectivity index (χ2v) is 13.5. The maximum atomic E-state index is 3.80. The Labute approximate surface area is 277 Å². The van der Waals surface area contributed by atoms with E-state index in [4.69, 9.17) is 0 Å². The van der Waals surface area contributed by atoms with Crippen LogP contribution in [-0.2, 0) is 19.3 Å². The highest BCUT2D eigenvalue weighted by atomic mass is 79.9. The Bertz CT molecular complexity index is 1280. The molecule has 0 fully saturated rings.